The van der Waals surface area contributed by atoms with E-state index in [1.807, 2.05) is 58.8 Å². The van der Waals surface area contributed by atoms with Gasteiger partial charge in [0.15, 0.2) is 5.82 Å². The van der Waals surface area contributed by atoms with E-state index < -0.39 is 0 Å². The summed E-state index contributed by atoms with van der Waals surface area (Å²) in [6.07, 6.45) is 0.957. The van der Waals surface area contributed by atoms with Crippen molar-refractivity contribution in [3.8, 4) is 17.0 Å². The zero-order chi connectivity index (χ0) is 25.5. The van der Waals surface area contributed by atoms with Crippen LogP contribution in [0.1, 0.15) is 29.9 Å². The van der Waals surface area contributed by atoms with Crippen LogP contribution in [0.15, 0.2) is 53.9 Å². The average Bonchev–Trinajstić information content (AvgIpc) is 3.47. The van der Waals surface area contributed by atoms with Crippen LogP contribution in [0.25, 0.3) is 11.3 Å². The van der Waals surface area contributed by atoms with Gasteiger partial charge in [0.1, 0.15) is 12.3 Å². The second-order valence-corrected chi connectivity index (χ2v) is 10.0. The molecule has 0 spiro atoms. The number of rotatable bonds is 9. The van der Waals surface area contributed by atoms with Crippen molar-refractivity contribution in [3.05, 3.63) is 58.8 Å². The van der Waals surface area contributed by atoms with Gasteiger partial charge in [0.25, 0.3) is 5.91 Å². The highest BCUT2D eigenvalue weighted by atomic mass is 32.1. The zero-order valence-electron chi connectivity index (χ0n) is 21.1. The predicted octanol–water partition coefficient (Wildman–Crippen LogP) is 4.05. The third kappa shape index (κ3) is 6.20. The van der Waals surface area contributed by atoms with Crippen molar-refractivity contribution in [2.45, 2.75) is 20.3 Å². The first-order valence-corrected chi connectivity index (χ1v) is 13.2. The summed E-state index contributed by atoms with van der Waals surface area (Å²) in [5.74, 6) is 1.82. The summed E-state index contributed by atoms with van der Waals surface area (Å²) in [7, 11) is 1.64. The zero-order valence-corrected chi connectivity index (χ0v) is 21.9. The third-order valence-electron chi connectivity index (χ3n) is 6.55. The fourth-order valence-corrected chi connectivity index (χ4v) is 4.85. The lowest BCUT2D eigenvalue weighted by Gasteiger charge is -2.36. The largest absolute Gasteiger partial charge is 0.497 e. The Morgan fingerprint density at radius 1 is 1.08 bits per heavy atom. The monoisotopic (exact) mass is 507 g/mol. The molecule has 1 atom stereocenters. The van der Waals surface area contributed by atoms with Crippen LogP contribution in [0.2, 0.25) is 0 Å². The van der Waals surface area contributed by atoms with Crippen molar-refractivity contribution in [3.63, 3.8) is 0 Å². The number of carbonyl (C=O) groups excluding carboxylic acids is 2. The van der Waals surface area contributed by atoms with E-state index >= 15 is 0 Å². The summed E-state index contributed by atoms with van der Waals surface area (Å²) in [6.45, 7) is 7.41. The highest BCUT2D eigenvalue weighted by Crippen LogP contribution is 2.23. The number of hydrogen-bond donors (Lipinski definition) is 0. The summed E-state index contributed by atoms with van der Waals surface area (Å²) >= 11 is 1.41. The number of amides is 2. The Balaban J connectivity index is 1.34. The lowest BCUT2D eigenvalue weighted by atomic mass is 10.1. The van der Waals surface area contributed by atoms with Crippen molar-refractivity contribution >= 4 is 29.0 Å². The molecule has 2 aromatic heterocycles. The minimum Gasteiger partial charge on any atom is -0.497 e. The molecule has 1 aliphatic rings. The van der Waals surface area contributed by atoms with Crippen LogP contribution in [0.4, 0.5) is 5.82 Å². The van der Waals surface area contributed by atoms with Crippen molar-refractivity contribution in [2.75, 3.05) is 51.3 Å². The minimum absolute atomic E-state index is 0.0117. The number of benzene rings is 1. The molecule has 190 valence electrons. The van der Waals surface area contributed by atoms with E-state index in [2.05, 4.69) is 28.9 Å². The molecule has 3 heterocycles. The third-order valence-corrected chi connectivity index (χ3v) is 7.40. The smallest absolute Gasteiger partial charge is 0.264 e. The second kappa shape index (κ2) is 12.0. The molecule has 1 aliphatic heterocycles. The van der Waals surface area contributed by atoms with E-state index in [1.165, 1.54) is 11.3 Å². The Hall–Kier alpha value is -3.46. The van der Waals surface area contributed by atoms with Gasteiger partial charge in [-0.05, 0) is 41.6 Å². The summed E-state index contributed by atoms with van der Waals surface area (Å²) in [5.41, 5.74) is 1.73. The van der Waals surface area contributed by atoms with E-state index in [4.69, 9.17) is 4.74 Å². The number of nitrogens with zero attached hydrogens (tertiary/aromatic N) is 5. The number of ether oxygens (including phenoxy) is 1. The predicted molar refractivity (Wildman–Crippen MR) is 142 cm³/mol. The number of thiophene rings is 1. The summed E-state index contributed by atoms with van der Waals surface area (Å²) < 4.78 is 5.29. The van der Waals surface area contributed by atoms with Crippen molar-refractivity contribution in [1.82, 2.24) is 20.0 Å². The van der Waals surface area contributed by atoms with Crippen LogP contribution >= 0.6 is 11.3 Å². The molecular formula is C27H33N5O3S. The Kier molecular flexibility index (Phi) is 8.53. The molecule has 36 heavy (non-hydrogen) atoms. The lowest BCUT2D eigenvalue weighted by Crippen LogP contribution is -2.52. The lowest BCUT2D eigenvalue weighted by molar-refractivity contribution is -0.132. The molecule has 0 N–H and O–H groups in total. The summed E-state index contributed by atoms with van der Waals surface area (Å²) in [4.78, 5) is 32.5. The van der Waals surface area contributed by atoms with Gasteiger partial charge in [-0.1, -0.05) is 38.5 Å². The van der Waals surface area contributed by atoms with E-state index in [1.54, 1.807) is 12.0 Å². The minimum atomic E-state index is -0.0660. The maximum Gasteiger partial charge on any atom is 0.264 e. The molecule has 4 rings (SSSR count). The molecular weight excluding hydrogens is 474 g/mol. The molecule has 0 saturated carbocycles. The van der Waals surface area contributed by atoms with Gasteiger partial charge in [0.2, 0.25) is 5.91 Å². The van der Waals surface area contributed by atoms with Crippen molar-refractivity contribution in [1.29, 1.82) is 0 Å². The number of piperazine rings is 1. The Morgan fingerprint density at radius 3 is 2.53 bits per heavy atom. The van der Waals surface area contributed by atoms with Gasteiger partial charge in [0, 0.05) is 38.3 Å². The highest BCUT2D eigenvalue weighted by Gasteiger charge is 2.27. The van der Waals surface area contributed by atoms with Gasteiger partial charge in [-0.2, -0.15) is 0 Å². The maximum absolute atomic E-state index is 13.1. The first kappa shape index (κ1) is 25.6. The summed E-state index contributed by atoms with van der Waals surface area (Å²) in [6, 6.07) is 15.3. The first-order chi connectivity index (χ1) is 17.5. The molecule has 2 amide bonds. The van der Waals surface area contributed by atoms with Gasteiger partial charge < -0.3 is 19.4 Å². The SMILES string of the molecule is CCC(C)CN(CC(=O)N1CCN(c2ccc(-c3cccc(OC)c3)nn2)CC1)C(=O)c1cccs1. The van der Waals surface area contributed by atoms with Crippen LogP contribution in [-0.2, 0) is 4.79 Å². The number of methoxy groups -OCH3 is 1. The Labute approximate surface area is 216 Å². The number of aromatic nitrogens is 2. The maximum atomic E-state index is 13.1. The number of hydrogen-bond acceptors (Lipinski definition) is 7. The van der Waals surface area contributed by atoms with Gasteiger partial charge in [-0.15, -0.1) is 21.5 Å². The number of carbonyl (C=O) groups is 2. The molecule has 8 nitrogen and oxygen atoms in total. The van der Waals surface area contributed by atoms with Gasteiger partial charge in [-0.25, -0.2) is 0 Å². The van der Waals surface area contributed by atoms with Crippen LogP contribution in [-0.4, -0.2) is 78.2 Å². The van der Waals surface area contributed by atoms with Crippen molar-refractivity contribution in [2.24, 2.45) is 5.92 Å². The highest BCUT2D eigenvalue weighted by molar-refractivity contribution is 7.12. The second-order valence-electron chi connectivity index (χ2n) is 9.05. The molecule has 1 unspecified atom stereocenters. The topological polar surface area (TPSA) is 78.9 Å². The van der Waals surface area contributed by atoms with Crippen LogP contribution in [0.3, 0.4) is 0 Å². The van der Waals surface area contributed by atoms with Gasteiger partial charge in [-0.3, -0.25) is 9.59 Å². The summed E-state index contributed by atoms with van der Waals surface area (Å²) in [5, 5.41) is 10.7. The molecule has 1 aromatic carbocycles. The molecule has 0 aliphatic carbocycles. The van der Waals surface area contributed by atoms with E-state index in [0.29, 0.717) is 43.5 Å². The van der Waals surface area contributed by atoms with E-state index in [0.717, 1.165) is 29.2 Å². The quantitative estimate of drug-likeness (QED) is 0.435. The molecule has 3 aromatic rings. The molecule has 0 radical (unpaired) electrons. The van der Waals surface area contributed by atoms with Crippen molar-refractivity contribution < 1.29 is 14.3 Å². The first-order valence-electron chi connectivity index (χ1n) is 12.3. The van der Waals surface area contributed by atoms with Crippen LogP contribution in [0, 0.1) is 5.92 Å². The van der Waals surface area contributed by atoms with E-state index in [9.17, 15) is 9.59 Å². The Morgan fingerprint density at radius 2 is 1.89 bits per heavy atom. The van der Waals surface area contributed by atoms with Gasteiger partial charge in [0.05, 0.1) is 17.7 Å². The fourth-order valence-electron chi connectivity index (χ4n) is 4.16. The molecule has 1 fully saturated rings. The number of anilines is 1. The van der Waals surface area contributed by atoms with Crippen LogP contribution in [0.5, 0.6) is 5.75 Å². The molecule has 9 heteroatoms. The fraction of sp³-hybridized carbons (Fsp3) is 0.407. The Bertz CT molecular complexity index is 1140. The molecule has 0 bridgehead atoms. The van der Waals surface area contributed by atoms with E-state index in [-0.39, 0.29) is 18.4 Å². The normalized spacial score (nSPS) is 14.4. The average molecular weight is 508 g/mol. The standard InChI is InChI=1S/C27H33N5O3S/c1-4-20(2)18-32(27(34)24-9-6-16-36-24)19-26(33)31-14-12-30(13-15-31)25-11-10-23(28-29-25)21-7-5-8-22(17-21)35-3/h5-11,16-17,20H,4,12-15,18-19H2,1-3H3. The molecule has 1 saturated heterocycles. The van der Waals surface area contributed by atoms with Crippen LogP contribution < -0.4 is 9.64 Å². The van der Waals surface area contributed by atoms with Gasteiger partial charge >= 0.3 is 0 Å².